The Morgan fingerprint density at radius 2 is 1.72 bits per heavy atom. The summed E-state index contributed by atoms with van der Waals surface area (Å²) in [5, 5.41) is 31.9. The smallest absolute Gasteiger partial charge is 0.276 e. The van der Waals surface area contributed by atoms with E-state index in [4.69, 9.17) is 9.47 Å². The van der Waals surface area contributed by atoms with Crippen LogP contribution in [0.4, 0.5) is 5.82 Å². The van der Waals surface area contributed by atoms with E-state index in [9.17, 15) is 5.11 Å². The van der Waals surface area contributed by atoms with Gasteiger partial charge >= 0.3 is 0 Å². The third-order valence-corrected chi connectivity index (χ3v) is 7.68. The van der Waals surface area contributed by atoms with Crippen molar-refractivity contribution in [3.8, 4) is 40.0 Å². The molecule has 1 aromatic carbocycles. The molecule has 0 radical (unpaired) electrons. The second-order valence-corrected chi connectivity index (χ2v) is 10.2. The van der Waals surface area contributed by atoms with E-state index >= 15 is 0 Å². The topological polar surface area (TPSA) is 118 Å². The van der Waals surface area contributed by atoms with Crippen LogP contribution in [0.3, 0.4) is 0 Å². The lowest BCUT2D eigenvalue weighted by atomic mass is 9.83. The van der Waals surface area contributed by atoms with E-state index in [1.807, 2.05) is 12.3 Å². The van der Waals surface area contributed by atoms with Crippen molar-refractivity contribution in [2.75, 3.05) is 18.1 Å². The second-order valence-electron chi connectivity index (χ2n) is 10.2. The molecule has 2 bridgehead atoms. The summed E-state index contributed by atoms with van der Waals surface area (Å²) in [7, 11) is 0. The van der Waals surface area contributed by atoms with Crippen LogP contribution in [-0.2, 0) is 0 Å². The molecular weight excluding hydrogens is 458 g/mol. The van der Waals surface area contributed by atoms with Gasteiger partial charge in [0.05, 0.1) is 17.5 Å². The summed E-state index contributed by atoms with van der Waals surface area (Å²) in [6.07, 6.45) is 10.4. The average Bonchev–Trinajstić information content (AvgIpc) is 3.74. The van der Waals surface area contributed by atoms with Gasteiger partial charge in [0.25, 0.3) is 5.88 Å². The Labute approximate surface area is 209 Å². The molecule has 2 N–H and O–H groups in total. The molecule has 7 rings (SSSR count). The Morgan fingerprint density at radius 3 is 2.47 bits per heavy atom. The Hall–Kier alpha value is -3.53. The minimum atomic E-state index is 0.0592. The fraction of sp³-hybridized carbons (Fsp3) is 0.500. The maximum atomic E-state index is 10.8. The van der Waals surface area contributed by atoms with E-state index in [2.05, 4.69) is 35.6 Å². The van der Waals surface area contributed by atoms with Crippen molar-refractivity contribution < 1.29 is 14.6 Å². The molecule has 3 fully saturated rings. The maximum Gasteiger partial charge on any atom is 0.276 e. The summed E-state index contributed by atoms with van der Waals surface area (Å²) < 4.78 is 11.0. The number of hydrogen-bond acceptors (Lipinski definition) is 10. The molecule has 1 aliphatic carbocycles. The van der Waals surface area contributed by atoms with Gasteiger partial charge < -0.3 is 24.8 Å². The predicted molar refractivity (Wildman–Crippen MR) is 132 cm³/mol. The number of phenolic OH excluding ortho intramolecular Hbond substituents is 1. The number of aromatic hydroxyl groups is 1. The third-order valence-electron chi connectivity index (χ3n) is 7.68. The van der Waals surface area contributed by atoms with Crippen molar-refractivity contribution in [3.05, 3.63) is 30.5 Å². The molecule has 10 heteroatoms. The fourth-order valence-electron chi connectivity index (χ4n) is 5.88. The normalized spacial score (nSPS) is 24.8. The minimum absolute atomic E-state index is 0.0592. The van der Waals surface area contributed by atoms with Crippen molar-refractivity contribution in [2.45, 2.75) is 69.1 Å². The van der Waals surface area contributed by atoms with Crippen LogP contribution >= 0.6 is 0 Å². The first-order chi connectivity index (χ1) is 17.7. The molecule has 5 heterocycles. The van der Waals surface area contributed by atoms with Crippen molar-refractivity contribution in [1.29, 1.82) is 0 Å². The molecule has 1 saturated carbocycles. The molecule has 3 aliphatic heterocycles. The quantitative estimate of drug-likeness (QED) is 0.556. The zero-order valence-corrected chi connectivity index (χ0v) is 20.0. The van der Waals surface area contributed by atoms with Gasteiger partial charge in [0.15, 0.2) is 17.4 Å². The van der Waals surface area contributed by atoms with Crippen molar-refractivity contribution in [3.63, 3.8) is 0 Å². The molecular formula is C26H29N7O3. The van der Waals surface area contributed by atoms with Crippen LogP contribution in [0.5, 0.6) is 17.4 Å². The van der Waals surface area contributed by atoms with Gasteiger partial charge in [-0.05, 0) is 50.7 Å². The number of piperidine rings is 2. The largest absolute Gasteiger partial charge is 0.507 e. The SMILES string of the molecule is Oc1cc(-c2cc3c(nn2)OCCO3)ccc1-c1ncc(N(C2CC2)[C@@H]2C[C@H]3CCC[C@@H](C2)N3)nn1. The first kappa shape index (κ1) is 21.7. The standard InChI is InChI=1S/C26H29N7O3/c34-22-10-15(21-13-23-26(32-29-21)36-9-8-35-23)4-7-20(22)25-27-14-24(30-31-25)33(18-5-6-18)19-11-16-2-1-3-17(12-19)28-16/h4,7,10,13-14,16-19,28,34H,1-3,5-6,8-9,11-12H2/t16-,17+,19-. The van der Waals surface area contributed by atoms with E-state index in [0.717, 1.165) is 18.7 Å². The monoisotopic (exact) mass is 487 g/mol. The maximum absolute atomic E-state index is 10.8. The zero-order chi connectivity index (χ0) is 24.1. The van der Waals surface area contributed by atoms with Crippen LogP contribution < -0.4 is 19.7 Å². The number of fused-ring (bicyclic) bond motifs is 3. The Bertz CT molecular complexity index is 1250. The molecule has 36 heavy (non-hydrogen) atoms. The molecule has 2 aromatic heterocycles. The minimum Gasteiger partial charge on any atom is -0.507 e. The van der Waals surface area contributed by atoms with Crippen molar-refractivity contribution in [1.82, 2.24) is 30.7 Å². The van der Waals surface area contributed by atoms with Gasteiger partial charge in [0.1, 0.15) is 19.0 Å². The first-order valence-corrected chi connectivity index (χ1v) is 12.9. The number of aromatic nitrogens is 5. The molecule has 2 saturated heterocycles. The summed E-state index contributed by atoms with van der Waals surface area (Å²) in [6.45, 7) is 0.931. The summed E-state index contributed by atoms with van der Waals surface area (Å²) in [4.78, 5) is 7.08. The molecule has 4 aliphatic rings. The van der Waals surface area contributed by atoms with Gasteiger partial charge in [-0.3, -0.25) is 0 Å². The van der Waals surface area contributed by atoms with E-state index in [1.165, 1.54) is 32.1 Å². The number of nitrogens with one attached hydrogen (secondary N) is 1. The Kier molecular flexibility index (Phi) is 5.34. The van der Waals surface area contributed by atoms with Crippen LogP contribution in [0.1, 0.15) is 44.9 Å². The number of ether oxygens (including phenoxy) is 2. The van der Waals surface area contributed by atoms with E-state index in [0.29, 0.717) is 71.7 Å². The van der Waals surface area contributed by atoms with E-state index in [-0.39, 0.29) is 5.75 Å². The van der Waals surface area contributed by atoms with Crippen molar-refractivity contribution >= 4 is 5.82 Å². The lowest BCUT2D eigenvalue weighted by Gasteiger charge is -2.45. The molecule has 0 spiro atoms. The van der Waals surface area contributed by atoms with Crippen LogP contribution in [0, 0.1) is 0 Å². The van der Waals surface area contributed by atoms with Crippen LogP contribution in [0.2, 0.25) is 0 Å². The second kappa shape index (κ2) is 8.85. The Balaban J connectivity index is 1.12. The Morgan fingerprint density at radius 1 is 0.889 bits per heavy atom. The van der Waals surface area contributed by atoms with Gasteiger partial charge in [0, 0.05) is 35.8 Å². The molecule has 0 amide bonds. The van der Waals surface area contributed by atoms with Crippen LogP contribution in [0.15, 0.2) is 30.5 Å². The van der Waals surface area contributed by atoms with Gasteiger partial charge in [-0.2, -0.15) is 0 Å². The lowest BCUT2D eigenvalue weighted by Crippen LogP contribution is -2.55. The number of anilines is 1. The predicted octanol–water partition coefficient (Wildman–Crippen LogP) is 3.11. The third kappa shape index (κ3) is 4.09. The molecule has 186 valence electrons. The van der Waals surface area contributed by atoms with Crippen molar-refractivity contribution in [2.24, 2.45) is 0 Å². The van der Waals surface area contributed by atoms with Crippen LogP contribution in [0.25, 0.3) is 22.6 Å². The van der Waals surface area contributed by atoms with Crippen LogP contribution in [-0.4, -0.2) is 67.9 Å². The van der Waals surface area contributed by atoms with Gasteiger partial charge in [-0.15, -0.1) is 20.4 Å². The van der Waals surface area contributed by atoms with E-state index < -0.39 is 0 Å². The molecule has 3 atom stereocenters. The highest BCUT2D eigenvalue weighted by Gasteiger charge is 2.40. The number of phenols is 1. The zero-order valence-electron chi connectivity index (χ0n) is 20.0. The number of rotatable bonds is 5. The molecule has 10 nitrogen and oxygen atoms in total. The van der Waals surface area contributed by atoms with Gasteiger partial charge in [-0.25, -0.2) is 4.98 Å². The highest BCUT2D eigenvalue weighted by molar-refractivity contribution is 5.72. The number of nitrogens with zero attached hydrogens (tertiary/aromatic N) is 6. The fourth-order valence-corrected chi connectivity index (χ4v) is 5.88. The molecule has 3 aromatic rings. The van der Waals surface area contributed by atoms with Gasteiger partial charge in [0.2, 0.25) is 0 Å². The highest BCUT2D eigenvalue weighted by atomic mass is 16.6. The summed E-state index contributed by atoms with van der Waals surface area (Å²) in [6, 6.07) is 9.28. The number of benzene rings is 1. The summed E-state index contributed by atoms with van der Waals surface area (Å²) in [5.41, 5.74) is 1.82. The van der Waals surface area contributed by atoms with Gasteiger partial charge in [-0.1, -0.05) is 12.5 Å². The number of hydrogen-bond donors (Lipinski definition) is 2. The molecule has 0 unspecified atom stereocenters. The average molecular weight is 488 g/mol. The lowest BCUT2D eigenvalue weighted by molar-refractivity contribution is 0.162. The van der Waals surface area contributed by atoms with E-state index in [1.54, 1.807) is 18.2 Å². The summed E-state index contributed by atoms with van der Waals surface area (Å²) >= 11 is 0. The highest BCUT2D eigenvalue weighted by Crippen LogP contribution is 2.39. The first-order valence-electron chi connectivity index (χ1n) is 12.9. The summed E-state index contributed by atoms with van der Waals surface area (Å²) in [5.74, 6) is 2.24.